The second kappa shape index (κ2) is 6.10. The number of hydrogen-bond donors (Lipinski definition) is 2. The lowest BCUT2D eigenvalue weighted by Gasteiger charge is -2.08. The van der Waals surface area contributed by atoms with E-state index in [9.17, 15) is 4.79 Å². The zero-order valence-corrected chi connectivity index (χ0v) is 12.1. The van der Waals surface area contributed by atoms with E-state index in [4.69, 9.17) is 11.6 Å². The molecule has 1 fully saturated rings. The van der Waals surface area contributed by atoms with Crippen molar-refractivity contribution in [1.29, 1.82) is 0 Å². The lowest BCUT2D eigenvalue weighted by molar-refractivity contribution is -0.114. The van der Waals surface area contributed by atoms with Gasteiger partial charge in [0.2, 0.25) is 5.91 Å². The van der Waals surface area contributed by atoms with Gasteiger partial charge in [0.25, 0.3) is 0 Å². The molecule has 6 heteroatoms. The summed E-state index contributed by atoms with van der Waals surface area (Å²) in [6.07, 6.45) is 4.03. The van der Waals surface area contributed by atoms with Gasteiger partial charge in [0.05, 0.1) is 6.54 Å². The highest BCUT2D eigenvalue weighted by molar-refractivity contribution is 6.30. The van der Waals surface area contributed by atoms with Gasteiger partial charge >= 0.3 is 0 Å². The van der Waals surface area contributed by atoms with Gasteiger partial charge in [-0.3, -0.25) is 4.79 Å². The summed E-state index contributed by atoms with van der Waals surface area (Å²) < 4.78 is 0. The first-order valence-electron chi connectivity index (χ1n) is 6.83. The van der Waals surface area contributed by atoms with Crippen LogP contribution in [-0.4, -0.2) is 22.4 Å². The maximum Gasteiger partial charge on any atom is 0.243 e. The number of anilines is 2. The maximum absolute atomic E-state index is 11.9. The third-order valence-corrected chi connectivity index (χ3v) is 3.43. The van der Waals surface area contributed by atoms with Crippen LogP contribution in [0.4, 0.5) is 11.5 Å². The molecule has 1 aliphatic carbocycles. The van der Waals surface area contributed by atoms with E-state index in [0.717, 1.165) is 18.7 Å². The van der Waals surface area contributed by atoms with Crippen LogP contribution in [0.2, 0.25) is 5.02 Å². The van der Waals surface area contributed by atoms with Gasteiger partial charge < -0.3 is 10.6 Å². The Morgan fingerprint density at radius 1 is 1.24 bits per heavy atom. The Morgan fingerprint density at radius 2 is 2.00 bits per heavy atom. The molecule has 5 nitrogen and oxygen atoms in total. The fourth-order valence-corrected chi connectivity index (χ4v) is 2.05. The lowest BCUT2D eigenvalue weighted by Crippen LogP contribution is -2.22. The summed E-state index contributed by atoms with van der Waals surface area (Å²) in [5.74, 6) is 1.90. The van der Waals surface area contributed by atoms with Crippen LogP contribution >= 0.6 is 11.6 Å². The van der Waals surface area contributed by atoms with Crippen LogP contribution in [-0.2, 0) is 4.79 Å². The number of nitrogens with one attached hydrogen (secondary N) is 2. The van der Waals surface area contributed by atoms with E-state index in [-0.39, 0.29) is 12.5 Å². The molecule has 0 unspecified atom stereocenters. The van der Waals surface area contributed by atoms with Gasteiger partial charge in [0.15, 0.2) is 0 Å². The van der Waals surface area contributed by atoms with Crippen LogP contribution in [0.1, 0.15) is 24.6 Å². The number of carbonyl (C=O) groups excluding carboxylic acids is 1. The Kier molecular flexibility index (Phi) is 4.01. The van der Waals surface area contributed by atoms with Crippen molar-refractivity contribution in [3.63, 3.8) is 0 Å². The highest BCUT2D eigenvalue weighted by Gasteiger charge is 2.26. The molecule has 1 amide bonds. The second-order valence-electron chi connectivity index (χ2n) is 4.98. The van der Waals surface area contributed by atoms with Crippen LogP contribution in [0.5, 0.6) is 0 Å². The molecule has 3 rings (SSSR count). The molecular weight excluding hydrogens is 288 g/mol. The fourth-order valence-electron chi connectivity index (χ4n) is 1.92. The molecule has 0 saturated heterocycles. The Morgan fingerprint density at radius 3 is 2.71 bits per heavy atom. The highest BCUT2D eigenvalue weighted by Crippen LogP contribution is 2.37. The highest BCUT2D eigenvalue weighted by atomic mass is 35.5. The van der Waals surface area contributed by atoms with Crippen molar-refractivity contribution >= 4 is 29.0 Å². The van der Waals surface area contributed by atoms with Gasteiger partial charge in [0, 0.05) is 22.8 Å². The van der Waals surface area contributed by atoms with Crippen LogP contribution in [0.3, 0.4) is 0 Å². The van der Waals surface area contributed by atoms with Crippen molar-refractivity contribution in [3.05, 3.63) is 47.4 Å². The minimum absolute atomic E-state index is 0.135. The predicted octanol–water partition coefficient (Wildman–Crippen LogP) is 3.06. The lowest BCUT2D eigenvalue weighted by atomic mass is 10.3. The molecular formula is C15H15ClN4O. The van der Waals surface area contributed by atoms with Crippen molar-refractivity contribution in [2.24, 2.45) is 0 Å². The van der Waals surface area contributed by atoms with Crippen molar-refractivity contribution in [2.75, 3.05) is 17.2 Å². The molecule has 0 spiro atoms. The summed E-state index contributed by atoms with van der Waals surface area (Å²) in [6.45, 7) is 0.156. The second-order valence-corrected chi connectivity index (χ2v) is 5.42. The van der Waals surface area contributed by atoms with Gasteiger partial charge in [-0.25, -0.2) is 9.97 Å². The molecule has 21 heavy (non-hydrogen) atoms. The number of amides is 1. The Bertz CT molecular complexity index is 640. The summed E-state index contributed by atoms with van der Waals surface area (Å²) in [5, 5.41) is 6.43. The van der Waals surface area contributed by atoms with Gasteiger partial charge in [-0.05, 0) is 43.2 Å². The van der Waals surface area contributed by atoms with Gasteiger partial charge in [-0.2, -0.15) is 0 Å². The number of aromatic nitrogens is 2. The first-order valence-corrected chi connectivity index (χ1v) is 7.21. The largest absolute Gasteiger partial charge is 0.361 e. The van der Waals surface area contributed by atoms with E-state index in [0.29, 0.717) is 22.4 Å². The molecule has 0 bridgehead atoms. The van der Waals surface area contributed by atoms with E-state index < -0.39 is 0 Å². The third-order valence-electron chi connectivity index (χ3n) is 3.17. The molecule has 2 aromatic rings. The smallest absolute Gasteiger partial charge is 0.243 e. The zero-order chi connectivity index (χ0) is 14.7. The summed E-state index contributed by atoms with van der Waals surface area (Å²) in [4.78, 5) is 20.5. The van der Waals surface area contributed by atoms with Crippen molar-refractivity contribution in [1.82, 2.24) is 9.97 Å². The average molecular weight is 303 g/mol. The van der Waals surface area contributed by atoms with Crippen molar-refractivity contribution in [3.8, 4) is 0 Å². The Balaban J connectivity index is 1.53. The SMILES string of the molecule is O=C(CNc1ccnc(C2CC2)n1)Nc1ccc(Cl)cc1. The van der Waals surface area contributed by atoms with E-state index >= 15 is 0 Å². The standard InChI is InChI=1S/C15H15ClN4O/c16-11-3-5-12(6-4-11)19-14(21)9-18-13-7-8-17-15(20-13)10-1-2-10/h3-8,10H,1-2,9H2,(H,19,21)(H,17,18,20). The number of hydrogen-bond acceptors (Lipinski definition) is 4. The van der Waals surface area contributed by atoms with Crippen molar-refractivity contribution < 1.29 is 4.79 Å². The fraction of sp³-hybridized carbons (Fsp3) is 0.267. The van der Waals surface area contributed by atoms with Crippen LogP contribution in [0, 0.1) is 0 Å². The van der Waals surface area contributed by atoms with Gasteiger partial charge in [0.1, 0.15) is 11.6 Å². The quantitative estimate of drug-likeness (QED) is 0.891. The molecule has 2 N–H and O–H groups in total. The number of rotatable bonds is 5. The molecule has 1 heterocycles. The number of nitrogens with zero attached hydrogens (tertiary/aromatic N) is 2. The third kappa shape index (κ3) is 3.92. The topological polar surface area (TPSA) is 66.9 Å². The number of carbonyl (C=O) groups is 1. The van der Waals surface area contributed by atoms with E-state index in [1.54, 1.807) is 36.5 Å². The molecule has 1 aliphatic rings. The average Bonchev–Trinajstić information content (AvgIpc) is 3.33. The molecule has 0 atom stereocenters. The van der Waals surface area contributed by atoms with E-state index in [1.165, 1.54) is 0 Å². The van der Waals surface area contributed by atoms with Gasteiger partial charge in [-0.1, -0.05) is 11.6 Å². The van der Waals surface area contributed by atoms with Gasteiger partial charge in [-0.15, -0.1) is 0 Å². The Hall–Kier alpha value is -2.14. The molecule has 0 radical (unpaired) electrons. The number of halogens is 1. The summed E-state index contributed by atoms with van der Waals surface area (Å²) in [7, 11) is 0. The monoisotopic (exact) mass is 302 g/mol. The molecule has 108 valence electrons. The molecule has 0 aliphatic heterocycles. The van der Waals surface area contributed by atoms with Crippen molar-refractivity contribution in [2.45, 2.75) is 18.8 Å². The summed E-state index contributed by atoms with van der Waals surface area (Å²) in [6, 6.07) is 8.75. The summed E-state index contributed by atoms with van der Waals surface area (Å²) in [5.41, 5.74) is 0.715. The molecule has 1 aromatic heterocycles. The normalized spacial score (nSPS) is 13.8. The number of benzene rings is 1. The van der Waals surface area contributed by atoms with Crippen LogP contribution < -0.4 is 10.6 Å². The summed E-state index contributed by atoms with van der Waals surface area (Å²) >= 11 is 5.80. The molecule has 1 saturated carbocycles. The predicted molar refractivity (Wildman–Crippen MR) is 82.6 cm³/mol. The first kappa shape index (κ1) is 13.8. The minimum atomic E-state index is -0.135. The van der Waals surface area contributed by atoms with E-state index in [1.807, 2.05) is 0 Å². The molecule has 1 aromatic carbocycles. The minimum Gasteiger partial charge on any atom is -0.361 e. The van der Waals surface area contributed by atoms with Crippen LogP contribution in [0.15, 0.2) is 36.5 Å². The maximum atomic E-state index is 11.9. The first-order chi connectivity index (χ1) is 10.2. The zero-order valence-electron chi connectivity index (χ0n) is 11.3. The van der Waals surface area contributed by atoms with Crippen LogP contribution in [0.25, 0.3) is 0 Å². The Labute approximate surface area is 127 Å². The van der Waals surface area contributed by atoms with E-state index in [2.05, 4.69) is 20.6 Å².